The summed E-state index contributed by atoms with van der Waals surface area (Å²) in [7, 11) is -2.03. The summed E-state index contributed by atoms with van der Waals surface area (Å²) in [6.45, 7) is 5.71. The highest BCUT2D eigenvalue weighted by molar-refractivity contribution is 14.0. The molecule has 0 fully saturated rings. The van der Waals surface area contributed by atoms with Crippen LogP contribution >= 0.6 is 24.0 Å². The predicted molar refractivity (Wildman–Crippen MR) is 123 cm³/mol. The largest absolute Gasteiger partial charge is 0.496 e. The number of halogens is 1. The van der Waals surface area contributed by atoms with E-state index in [1.807, 2.05) is 32.0 Å². The van der Waals surface area contributed by atoms with Crippen molar-refractivity contribution in [2.24, 2.45) is 10.1 Å². The fraction of sp³-hybridized carbons (Fsp3) is 0.316. The molecule has 0 bridgehead atoms. The molecule has 0 spiro atoms. The zero-order chi connectivity index (χ0) is 19.9. The van der Waals surface area contributed by atoms with Crippen molar-refractivity contribution in [1.82, 2.24) is 10.6 Å². The molecule has 0 unspecified atom stereocenters. The molecule has 0 saturated heterocycles. The van der Waals surface area contributed by atoms with E-state index in [1.165, 1.54) is 12.1 Å². The van der Waals surface area contributed by atoms with Crippen molar-refractivity contribution >= 4 is 40.0 Å². The fourth-order valence-corrected chi connectivity index (χ4v) is 2.99. The van der Waals surface area contributed by atoms with E-state index in [0.717, 1.165) is 29.0 Å². The molecule has 154 valence electrons. The predicted octanol–water partition coefficient (Wildman–Crippen LogP) is 2.52. The summed E-state index contributed by atoms with van der Waals surface area (Å²) in [6.07, 6.45) is 0. The van der Waals surface area contributed by atoms with Gasteiger partial charge in [-0.1, -0.05) is 24.3 Å². The number of sulfonamides is 1. The smallest absolute Gasteiger partial charge is 0.238 e. The van der Waals surface area contributed by atoms with Crippen molar-refractivity contribution < 1.29 is 13.2 Å². The van der Waals surface area contributed by atoms with Gasteiger partial charge in [0.25, 0.3) is 0 Å². The lowest BCUT2D eigenvalue weighted by atomic mass is 10.1. The van der Waals surface area contributed by atoms with Gasteiger partial charge in [-0.05, 0) is 43.2 Å². The van der Waals surface area contributed by atoms with E-state index in [-0.39, 0.29) is 28.9 Å². The minimum Gasteiger partial charge on any atom is -0.496 e. The number of benzene rings is 2. The number of methoxy groups -OCH3 is 1. The van der Waals surface area contributed by atoms with E-state index < -0.39 is 10.0 Å². The van der Waals surface area contributed by atoms with Gasteiger partial charge in [0.2, 0.25) is 10.0 Å². The average Bonchev–Trinajstić information content (AvgIpc) is 2.64. The van der Waals surface area contributed by atoms with E-state index in [1.54, 1.807) is 19.2 Å². The standard InChI is InChI=1S/C19H26N4O3S.HI/c1-4-21-19(23-13-16-8-5-14(2)11-18(16)26-3)22-12-15-6-9-17(10-7-15)27(20,24)25;/h5-11H,4,12-13H2,1-3H3,(H2,20,24,25)(H2,21,22,23);1H. The molecule has 0 radical (unpaired) electrons. The molecule has 0 aliphatic heterocycles. The summed E-state index contributed by atoms with van der Waals surface area (Å²) >= 11 is 0. The fourth-order valence-electron chi connectivity index (χ4n) is 2.47. The first-order valence-corrected chi connectivity index (χ1v) is 10.2. The summed E-state index contributed by atoms with van der Waals surface area (Å²) in [5.41, 5.74) is 3.05. The van der Waals surface area contributed by atoms with Crippen LogP contribution in [0.15, 0.2) is 52.4 Å². The minimum atomic E-state index is -3.68. The van der Waals surface area contributed by atoms with Crippen LogP contribution < -0.4 is 20.5 Å². The van der Waals surface area contributed by atoms with Gasteiger partial charge in [-0.2, -0.15) is 0 Å². The monoisotopic (exact) mass is 518 g/mol. The number of nitrogens with one attached hydrogen (secondary N) is 2. The molecule has 4 N–H and O–H groups in total. The van der Waals surface area contributed by atoms with Crippen LogP contribution in [0.25, 0.3) is 0 Å². The van der Waals surface area contributed by atoms with Crippen LogP contribution in [0.2, 0.25) is 0 Å². The van der Waals surface area contributed by atoms with Gasteiger partial charge >= 0.3 is 0 Å². The van der Waals surface area contributed by atoms with Gasteiger partial charge in [0.1, 0.15) is 5.75 Å². The van der Waals surface area contributed by atoms with Crippen LogP contribution in [0.4, 0.5) is 0 Å². The molecule has 0 aliphatic rings. The highest BCUT2D eigenvalue weighted by atomic mass is 127. The second-order valence-corrected chi connectivity index (χ2v) is 7.61. The third kappa shape index (κ3) is 7.28. The Morgan fingerprint density at radius 2 is 1.82 bits per heavy atom. The van der Waals surface area contributed by atoms with Gasteiger partial charge in [-0.25, -0.2) is 18.5 Å². The molecule has 9 heteroatoms. The number of rotatable bonds is 7. The third-order valence-electron chi connectivity index (χ3n) is 3.90. The topological polar surface area (TPSA) is 106 Å². The molecule has 0 heterocycles. The maximum absolute atomic E-state index is 11.3. The van der Waals surface area contributed by atoms with Crippen LogP contribution in [0.5, 0.6) is 5.75 Å². The van der Waals surface area contributed by atoms with Crippen molar-refractivity contribution in [2.75, 3.05) is 13.7 Å². The second-order valence-electron chi connectivity index (χ2n) is 6.05. The summed E-state index contributed by atoms with van der Waals surface area (Å²) in [4.78, 5) is 4.63. The number of nitrogens with two attached hydrogens (primary N) is 1. The number of primary sulfonamides is 1. The Balaban J connectivity index is 0.00000392. The first-order chi connectivity index (χ1) is 12.8. The van der Waals surface area contributed by atoms with Crippen LogP contribution in [-0.2, 0) is 23.1 Å². The summed E-state index contributed by atoms with van der Waals surface area (Å²) in [5.74, 6) is 1.49. The number of aryl methyl sites for hydroxylation is 1. The van der Waals surface area contributed by atoms with Crippen LogP contribution in [-0.4, -0.2) is 28.0 Å². The minimum absolute atomic E-state index is 0. The van der Waals surface area contributed by atoms with Gasteiger partial charge in [0.05, 0.1) is 18.6 Å². The van der Waals surface area contributed by atoms with Gasteiger partial charge in [-0.15, -0.1) is 24.0 Å². The summed E-state index contributed by atoms with van der Waals surface area (Å²) in [6, 6.07) is 12.4. The molecule has 0 aromatic heterocycles. The number of aliphatic imine (C=N–C) groups is 1. The molecule has 2 rings (SSSR count). The lowest BCUT2D eigenvalue weighted by Crippen LogP contribution is -2.36. The van der Waals surface area contributed by atoms with E-state index in [0.29, 0.717) is 19.0 Å². The normalized spacial score (nSPS) is 11.5. The zero-order valence-corrected chi connectivity index (χ0v) is 19.4. The van der Waals surface area contributed by atoms with E-state index in [2.05, 4.69) is 15.6 Å². The molecule has 2 aromatic rings. The molecule has 0 saturated carbocycles. The Hall–Kier alpha value is -1.85. The number of guanidine groups is 1. The molecular weight excluding hydrogens is 491 g/mol. The number of hydrogen-bond donors (Lipinski definition) is 3. The number of ether oxygens (including phenoxy) is 1. The Kier molecular flexibility index (Phi) is 9.70. The molecule has 0 amide bonds. The maximum atomic E-state index is 11.3. The second kappa shape index (κ2) is 11.2. The Morgan fingerprint density at radius 3 is 2.39 bits per heavy atom. The molecule has 0 atom stereocenters. The van der Waals surface area contributed by atoms with Crippen molar-refractivity contribution in [2.45, 2.75) is 31.8 Å². The maximum Gasteiger partial charge on any atom is 0.238 e. The van der Waals surface area contributed by atoms with Gasteiger partial charge in [-0.3, -0.25) is 0 Å². The van der Waals surface area contributed by atoms with Gasteiger partial charge in [0.15, 0.2) is 5.96 Å². The van der Waals surface area contributed by atoms with Crippen LogP contribution in [0, 0.1) is 6.92 Å². The van der Waals surface area contributed by atoms with E-state index >= 15 is 0 Å². The Labute approximate surface area is 183 Å². The highest BCUT2D eigenvalue weighted by Gasteiger charge is 2.07. The molecule has 7 nitrogen and oxygen atoms in total. The van der Waals surface area contributed by atoms with Crippen LogP contribution in [0.3, 0.4) is 0 Å². The summed E-state index contributed by atoms with van der Waals surface area (Å²) < 4.78 is 28.0. The Morgan fingerprint density at radius 1 is 1.14 bits per heavy atom. The SMILES string of the molecule is CCNC(=NCc1ccc(S(N)(=O)=O)cc1)NCc1ccc(C)cc1OC.I. The molecule has 2 aromatic carbocycles. The molecule has 28 heavy (non-hydrogen) atoms. The molecular formula is C19H27IN4O3S. The Bertz CT molecular complexity index is 900. The highest BCUT2D eigenvalue weighted by Crippen LogP contribution is 2.19. The van der Waals surface area contributed by atoms with E-state index in [9.17, 15) is 8.42 Å². The lowest BCUT2D eigenvalue weighted by molar-refractivity contribution is 0.408. The first kappa shape index (κ1) is 24.2. The van der Waals surface area contributed by atoms with Crippen molar-refractivity contribution in [1.29, 1.82) is 0 Å². The third-order valence-corrected chi connectivity index (χ3v) is 4.83. The quantitative estimate of drug-likeness (QED) is 0.297. The van der Waals surface area contributed by atoms with Crippen LogP contribution in [0.1, 0.15) is 23.6 Å². The molecule has 0 aliphatic carbocycles. The summed E-state index contributed by atoms with van der Waals surface area (Å²) in [5, 5.41) is 11.6. The van der Waals surface area contributed by atoms with Crippen molar-refractivity contribution in [3.63, 3.8) is 0 Å². The average molecular weight is 518 g/mol. The van der Waals surface area contributed by atoms with Crippen molar-refractivity contribution in [3.05, 3.63) is 59.2 Å². The number of hydrogen-bond acceptors (Lipinski definition) is 4. The lowest BCUT2D eigenvalue weighted by Gasteiger charge is -2.14. The zero-order valence-electron chi connectivity index (χ0n) is 16.2. The van der Waals surface area contributed by atoms with Gasteiger partial charge in [0, 0.05) is 18.7 Å². The number of nitrogens with zero attached hydrogens (tertiary/aromatic N) is 1. The van der Waals surface area contributed by atoms with Gasteiger partial charge < -0.3 is 15.4 Å². The van der Waals surface area contributed by atoms with E-state index in [4.69, 9.17) is 9.88 Å². The van der Waals surface area contributed by atoms with Crippen molar-refractivity contribution in [3.8, 4) is 5.75 Å². The first-order valence-electron chi connectivity index (χ1n) is 8.61.